The van der Waals surface area contributed by atoms with Gasteiger partial charge in [0.2, 0.25) is 0 Å². The smallest absolute Gasteiger partial charge is 0.142 e. The van der Waals surface area contributed by atoms with Gasteiger partial charge in [-0.15, -0.1) is 0 Å². The largest absolute Gasteiger partial charge is 0.317 e. The van der Waals surface area contributed by atoms with E-state index in [1.807, 2.05) is 0 Å². The fourth-order valence-corrected chi connectivity index (χ4v) is 9.27. The number of nitrogens with one attached hydrogen (secondary N) is 1. The van der Waals surface area contributed by atoms with Gasteiger partial charge in [0.25, 0.3) is 0 Å². The molecule has 0 unspecified atom stereocenters. The van der Waals surface area contributed by atoms with Gasteiger partial charge in [0.1, 0.15) is 20.1 Å². The van der Waals surface area contributed by atoms with Crippen LogP contribution in [0.15, 0.2) is 0 Å². The van der Waals surface area contributed by atoms with Crippen molar-refractivity contribution >= 4 is 20.1 Å². The molecule has 0 aromatic heterocycles. The van der Waals surface area contributed by atoms with Crippen LogP contribution in [0.1, 0.15) is 110 Å². The molecule has 0 saturated carbocycles. The molecule has 4 saturated heterocycles. The molecule has 4 aliphatic rings. The Morgan fingerprint density at radius 1 is 0.677 bits per heavy atom. The highest BCUT2D eigenvalue weighted by molar-refractivity contribution is 6.83. The van der Waals surface area contributed by atoms with Crippen LogP contribution in [0.2, 0.25) is 47.9 Å². The van der Waals surface area contributed by atoms with Crippen LogP contribution in [0.4, 0.5) is 0 Å². The Balaban J connectivity index is 1.33. The maximum Gasteiger partial charge on any atom is 0.142 e. The Morgan fingerprint density at radius 3 is 1.55 bits per heavy atom. The maximum atomic E-state index is 3.94. The minimum atomic E-state index is 0.973. The van der Waals surface area contributed by atoms with Gasteiger partial charge in [-0.2, -0.15) is 0 Å². The van der Waals surface area contributed by atoms with Gasteiger partial charge in [0.05, 0.1) is 0 Å². The lowest BCUT2D eigenvalue weighted by atomic mass is 9.06. The first-order chi connectivity index (χ1) is 15.3. The third-order valence-electron chi connectivity index (χ3n) is 10.8. The maximum absolute atomic E-state index is 3.94. The van der Waals surface area contributed by atoms with Gasteiger partial charge in [-0.05, 0) is 19.5 Å². The third-order valence-corrected chi connectivity index (χ3v) is 10.8. The highest BCUT2D eigenvalue weighted by Crippen LogP contribution is 2.57. The molecule has 4 heteroatoms. The zero-order valence-corrected chi connectivity index (χ0v) is 21.3. The summed E-state index contributed by atoms with van der Waals surface area (Å²) in [6.07, 6.45) is 27.3. The molecule has 4 heterocycles. The lowest BCUT2D eigenvalue weighted by Crippen LogP contribution is -2.50. The topological polar surface area (TPSA) is 12.0 Å². The SMILES string of the molecule is CCB(CC)CCCCNCCC(B1C2CCCC1CCC2)B1C2CCCC1CCC2. The van der Waals surface area contributed by atoms with Crippen molar-refractivity contribution in [2.45, 2.75) is 158 Å². The van der Waals surface area contributed by atoms with E-state index in [1.54, 1.807) is 77.0 Å². The van der Waals surface area contributed by atoms with E-state index in [0.29, 0.717) is 0 Å². The van der Waals surface area contributed by atoms with Crippen LogP contribution >= 0.6 is 0 Å². The Hall–Kier alpha value is 0.155. The molecule has 0 aromatic rings. The van der Waals surface area contributed by atoms with Gasteiger partial charge in [0, 0.05) is 0 Å². The summed E-state index contributed by atoms with van der Waals surface area (Å²) in [5, 5.41) is 3.94. The molecule has 0 radical (unpaired) electrons. The molecular weight excluding hydrogens is 371 g/mol. The molecule has 174 valence electrons. The highest BCUT2D eigenvalue weighted by atomic mass is 14.8. The van der Waals surface area contributed by atoms with Gasteiger partial charge in [0.15, 0.2) is 0 Å². The number of hydrogen-bond acceptors (Lipinski definition) is 1. The van der Waals surface area contributed by atoms with E-state index in [4.69, 9.17) is 0 Å². The van der Waals surface area contributed by atoms with Crippen molar-refractivity contribution in [3.63, 3.8) is 0 Å². The minimum absolute atomic E-state index is 0.973. The van der Waals surface area contributed by atoms with E-state index in [2.05, 4.69) is 19.2 Å². The Bertz CT molecular complexity index is 435. The molecular formula is C27H52B3N. The Morgan fingerprint density at radius 2 is 1.13 bits per heavy atom. The predicted molar refractivity (Wildman–Crippen MR) is 144 cm³/mol. The van der Waals surface area contributed by atoms with Crippen LogP contribution in [0, 0.1) is 0 Å². The summed E-state index contributed by atoms with van der Waals surface area (Å²) in [5.41, 5.74) is 1.06. The summed E-state index contributed by atoms with van der Waals surface area (Å²) >= 11 is 0. The first-order valence-electron chi connectivity index (χ1n) is 15.0. The summed E-state index contributed by atoms with van der Waals surface area (Å²) < 4.78 is 0. The van der Waals surface area contributed by atoms with Crippen LogP contribution in [-0.2, 0) is 0 Å². The molecule has 1 N–H and O–H groups in total. The first kappa shape index (κ1) is 24.3. The van der Waals surface area contributed by atoms with Crippen LogP contribution in [0.3, 0.4) is 0 Å². The lowest BCUT2D eigenvalue weighted by molar-refractivity contribution is 0.421. The summed E-state index contributed by atoms with van der Waals surface area (Å²) in [4.78, 5) is 0. The molecule has 4 fully saturated rings. The molecule has 0 aliphatic carbocycles. The quantitative estimate of drug-likeness (QED) is 0.246. The van der Waals surface area contributed by atoms with Gasteiger partial charge >= 0.3 is 0 Å². The second-order valence-corrected chi connectivity index (χ2v) is 12.3. The summed E-state index contributed by atoms with van der Waals surface area (Å²) in [5.74, 6) is 4.39. The lowest BCUT2D eigenvalue weighted by Gasteiger charge is -2.51. The van der Waals surface area contributed by atoms with Crippen molar-refractivity contribution in [2.75, 3.05) is 13.1 Å². The van der Waals surface area contributed by atoms with Gasteiger partial charge < -0.3 is 5.32 Å². The van der Waals surface area contributed by atoms with Crippen molar-refractivity contribution in [1.82, 2.24) is 5.32 Å². The minimum Gasteiger partial charge on any atom is -0.317 e. The van der Waals surface area contributed by atoms with Gasteiger partial charge in [-0.3, -0.25) is 0 Å². The average molecular weight is 423 g/mol. The molecule has 0 amide bonds. The Labute approximate surface area is 196 Å². The van der Waals surface area contributed by atoms with Gasteiger partial charge in [-0.1, -0.05) is 152 Å². The fraction of sp³-hybridized carbons (Fsp3) is 1.00. The standard InChI is InChI=1S/C27H52B3N/c1-3-28(4-2)20-5-6-21-31-22-19-27(29-23-11-7-12-24(29)14-8-13-23)30-25-15-9-16-26(30)18-10-17-25/h23-27,31H,3-22H2,1-2H3. The van der Waals surface area contributed by atoms with Crippen LogP contribution < -0.4 is 5.32 Å². The van der Waals surface area contributed by atoms with Crippen LogP contribution in [0.5, 0.6) is 0 Å². The summed E-state index contributed by atoms with van der Waals surface area (Å²) in [6, 6.07) is 0. The molecule has 31 heavy (non-hydrogen) atoms. The number of rotatable bonds is 12. The summed E-state index contributed by atoms with van der Waals surface area (Å²) in [7, 11) is 0. The van der Waals surface area contributed by atoms with Crippen molar-refractivity contribution in [2.24, 2.45) is 0 Å². The molecule has 4 rings (SSSR count). The predicted octanol–water partition coefficient (Wildman–Crippen LogP) is 8.40. The van der Waals surface area contributed by atoms with Crippen LogP contribution in [-0.4, -0.2) is 33.2 Å². The molecule has 0 aromatic carbocycles. The first-order valence-corrected chi connectivity index (χ1v) is 15.0. The van der Waals surface area contributed by atoms with E-state index in [-0.39, 0.29) is 0 Å². The van der Waals surface area contributed by atoms with Crippen molar-refractivity contribution in [3.05, 3.63) is 0 Å². The van der Waals surface area contributed by atoms with E-state index in [0.717, 1.165) is 49.1 Å². The molecule has 4 aliphatic heterocycles. The van der Waals surface area contributed by atoms with Gasteiger partial charge in [-0.25, -0.2) is 0 Å². The third kappa shape index (κ3) is 6.19. The second kappa shape index (κ2) is 12.6. The molecule has 0 spiro atoms. The molecule has 1 nitrogen and oxygen atoms in total. The molecule has 4 bridgehead atoms. The van der Waals surface area contributed by atoms with Crippen molar-refractivity contribution < 1.29 is 0 Å². The normalized spacial score (nSPS) is 31.5. The van der Waals surface area contributed by atoms with Crippen molar-refractivity contribution in [1.29, 1.82) is 0 Å². The monoisotopic (exact) mass is 423 g/mol. The van der Waals surface area contributed by atoms with Crippen LogP contribution in [0.25, 0.3) is 0 Å². The van der Waals surface area contributed by atoms with Crippen molar-refractivity contribution in [3.8, 4) is 0 Å². The van der Waals surface area contributed by atoms with E-state index < -0.39 is 0 Å². The number of fused-ring (bicyclic) bond motifs is 4. The van der Waals surface area contributed by atoms with E-state index in [1.165, 1.54) is 51.3 Å². The number of unbranched alkanes of at least 4 members (excludes halogenated alkanes) is 1. The number of hydrogen-bond donors (Lipinski definition) is 1. The fourth-order valence-electron chi connectivity index (χ4n) is 9.27. The molecule has 0 atom stereocenters. The summed E-state index contributed by atoms with van der Waals surface area (Å²) in [6.45, 7) is 10.5. The highest BCUT2D eigenvalue weighted by Gasteiger charge is 2.51. The zero-order valence-electron chi connectivity index (χ0n) is 21.3. The second-order valence-electron chi connectivity index (χ2n) is 12.3. The Kier molecular flexibility index (Phi) is 9.85. The van der Waals surface area contributed by atoms with E-state index in [9.17, 15) is 0 Å². The zero-order chi connectivity index (χ0) is 21.5. The van der Waals surface area contributed by atoms with E-state index >= 15 is 0 Å². The average Bonchev–Trinajstić information content (AvgIpc) is 2.77.